The molecule has 0 saturated heterocycles. The van der Waals surface area contributed by atoms with Gasteiger partial charge in [-0.1, -0.05) is 12.1 Å². The van der Waals surface area contributed by atoms with Gasteiger partial charge in [0.05, 0.1) is 22.7 Å². The number of nitriles is 1. The van der Waals surface area contributed by atoms with E-state index < -0.39 is 0 Å². The van der Waals surface area contributed by atoms with Crippen LogP contribution in [0.4, 0.5) is 5.69 Å². The van der Waals surface area contributed by atoms with Crippen molar-refractivity contribution < 1.29 is 9.59 Å². The van der Waals surface area contributed by atoms with Crippen molar-refractivity contribution in [1.29, 1.82) is 5.26 Å². The summed E-state index contributed by atoms with van der Waals surface area (Å²) < 4.78 is 0. The van der Waals surface area contributed by atoms with Gasteiger partial charge < -0.3 is 10.6 Å². The molecule has 0 unspecified atom stereocenters. The van der Waals surface area contributed by atoms with E-state index in [-0.39, 0.29) is 11.8 Å². The van der Waals surface area contributed by atoms with Gasteiger partial charge in [-0.25, -0.2) is 0 Å². The van der Waals surface area contributed by atoms with E-state index in [1.165, 1.54) is 17.4 Å². The first-order valence-electron chi connectivity index (χ1n) is 7.74. The maximum Gasteiger partial charge on any atom is 0.265 e. The van der Waals surface area contributed by atoms with Gasteiger partial charge in [0.15, 0.2) is 0 Å². The van der Waals surface area contributed by atoms with Gasteiger partial charge in [-0.3, -0.25) is 14.6 Å². The molecule has 128 valence electrons. The summed E-state index contributed by atoms with van der Waals surface area (Å²) in [4.78, 5) is 29.1. The molecule has 0 aliphatic heterocycles. The van der Waals surface area contributed by atoms with Crippen molar-refractivity contribution in [1.82, 2.24) is 10.3 Å². The lowest BCUT2D eigenvalue weighted by Crippen LogP contribution is -2.23. The van der Waals surface area contributed by atoms with Gasteiger partial charge in [-0.05, 0) is 36.4 Å². The zero-order chi connectivity index (χ0) is 18.4. The van der Waals surface area contributed by atoms with E-state index in [1.807, 2.05) is 24.3 Å². The highest BCUT2D eigenvalue weighted by molar-refractivity contribution is 7.12. The molecule has 0 saturated carbocycles. The second kappa shape index (κ2) is 8.05. The fourth-order valence-corrected chi connectivity index (χ4v) is 2.95. The molecule has 2 heterocycles. The Hall–Kier alpha value is -3.50. The summed E-state index contributed by atoms with van der Waals surface area (Å²) in [7, 11) is 0. The number of nitrogens with zero attached hydrogens (tertiary/aromatic N) is 2. The maximum atomic E-state index is 12.3. The molecule has 2 aromatic heterocycles. The first-order valence-corrected chi connectivity index (χ1v) is 8.62. The molecule has 0 fully saturated rings. The SMILES string of the molecule is N#Cc1csc(C(=O)Nc2cccc(C(=O)NCc3ccccn3)c2)c1. The van der Waals surface area contributed by atoms with E-state index >= 15 is 0 Å². The summed E-state index contributed by atoms with van der Waals surface area (Å²) in [6.07, 6.45) is 1.67. The van der Waals surface area contributed by atoms with Gasteiger partial charge in [0, 0.05) is 22.8 Å². The molecular weight excluding hydrogens is 348 g/mol. The minimum atomic E-state index is -0.317. The van der Waals surface area contributed by atoms with Crippen molar-refractivity contribution >= 4 is 28.8 Å². The van der Waals surface area contributed by atoms with Crippen LogP contribution in [0.25, 0.3) is 0 Å². The summed E-state index contributed by atoms with van der Waals surface area (Å²) in [6, 6.07) is 15.7. The average molecular weight is 362 g/mol. The van der Waals surface area contributed by atoms with Crippen molar-refractivity contribution in [3.63, 3.8) is 0 Å². The standard InChI is InChI=1S/C19H14N4O2S/c20-10-13-8-17(26-12-13)19(25)23-15-6-3-4-14(9-15)18(24)22-11-16-5-1-2-7-21-16/h1-9,12H,11H2,(H,22,24)(H,23,25). The Morgan fingerprint density at radius 1 is 1.12 bits per heavy atom. The molecule has 2 amide bonds. The smallest absolute Gasteiger partial charge is 0.265 e. The Labute approximate surface area is 154 Å². The second-order valence-corrected chi connectivity index (χ2v) is 6.26. The van der Waals surface area contributed by atoms with E-state index in [0.29, 0.717) is 28.2 Å². The van der Waals surface area contributed by atoms with E-state index in [2.05, 4.69) is 15.6 Å². The van der Waals surface area contributed by atoms with E-state index in [9.17, 15) is 9.59 Å². The van der Waals surface area contributed by atoms with Crippen LogP contribution < -0.4 is 10.6 Å². The third-order valence-electron chi connectivity index (χ3n) is 3.49. The highest BCUT2D eigenvalue weighted by Gasteiger charge is 2.11. The molecule has 1 aromatic carbocycles. The number of aromatic nitrogens is 1. The minimum absolute atomic E-state index is 0.255. The highest BCUT2D eigenvalue weighted by Crippen LogP contribution is 2.17. The van der Waals surface area contributed by atoms with Gasteiger partial charge in [-0.15, -0.1) is 11.3 Å². The lowest BCUT2D eigenvalue weighted by atomic mass is 10.2. The maximum absolute atomic E-state index is 12.3. The summed E-state index contributed by atoms with van der Waals surface area (Å²) in [5, 5.41) is 16.0. The number of nitrogens with one attached hydrogen (secondary N) is 2. The molecule has 0 aliphatic rings. The topological polar surface area (TPSA) is 94.9 Å². The predicted molar refractivity (Wildman–Crippen MR) is 98.8 cm³/mol. The van der Waals surface area contributed by atoms with Crippen LogP contribution in [0, 0.1) is 11.3 Å². The highest BCUT2D eigenvalue weighted by atomic mass is 32.1. The van der Waals surface area contributed by atoms with Gasteiger partial charge in [0.25, 0.3) is 11.8 Å². The first-order chi connectivity index (χ1) is 12.7. The fraction of sp³-hybridized carbons (Fsp3) is 0.0526. The van der Waals surface area contributed by atoms with E-state index in [0.717, 1.165) is 5.69 Å². The van der Waals surface area contributed by atoms with Gasteiger partial charge in [0.1, 0.15) is 6.07 Å². The van der Waals surface area contributed by atoms with Crippen molar-refractivity contribution in [2.75, 3.05) is 5.32 Å². The van der Waals surface area contributed by atoms with Crippen LogP contribution in [0.3, 0.4) is 0 Å². The van der Waals surface area contributed by atoms with E-state index in [4.69, 9.17) is 5.26 Å². The summed E-state index contributed by atoms with van der Waals surface area (Å²) >= 11 is 1.20. The summed E-state index contributed by atoms with van der Waals surface area (Å²) in [5.74, 6) is -0.572. The molecule has 0 aliphatic carbocycles. The lowest BCUT2D eigenvalue weighted by molar-refractivity contribution is 0.0949. The molecule has 6 nitrogen and oxygen atoms in total. The second-order valence-electron chi connectivity index (χ2n) is 5.35. The number of pyridine rings is 1. The third-order valence-corrected chi connectivity index (χ3v) is 4.42. The molecule has 26 heavy (non-hydrogen) atoms. The molecule has 3 aromatic rings. The van der Waals surface area contributed by atoms with Crippen LogP contribution in [-0.2, 0) is 6.54 Å². The molecular formula is C19H14N4O2S. The van der Waals surface area contributed by atoms with E-state index in [1.54, 1.807) is 35.8 Å². The van der Waals surface area contributed by atoms with Gasteiger partial charge >= 0.3 is 0 Å². The zero-order valence-electron chi connectivity index (χ0n) is 13.6. The number of hydrogen-bond donors (Lipinski definition) is 2. The Bertz CT molecular complexity index is 976. The van der Waals surface area contributed by atoms with Gasteiger partial charge in [0.2, 0.25) is 0 Å². The zero-order valence-corrected chi connectivity index (χ0v) is 14.4. The van der Waals surface area contributed by atoms with Crippen LogP contribution in [0.15, 0.2) is 60.1 Å². The molecule has 2 N–H and O–H groups in total. The third kappa shape index (κ3) is 4.32. The van der Waals surface area contributed by atoms with Crippen LogP contribution in [0.2, 0.25) is 0 Å². The minimum Gasteiger partial charge on any atom is -0.346 e. The number of benzene rings is 1. The lowest BCUT2D eigenvalue weighted by Gasteiger charge is -2.08. The molecule has 0 spiro atoms. The quantitative estimate of drug-likeness (QED) is 0.729. The number of anilines is 1. The molecule has 0 bridgehead atoms. The van der Waals surface area contributed by atoms with Crippen LogP contribution in [-0.4, -0.2) is 16.8 Å². The van der Waals surface area contributed by atoms with Crippen LogP contribution in [0.1, 0.15) is 31.3 Å². The monoisotopic (exact) mass is 362 g/mol. The normalized spacial score (nSPS) is 9.96. The summed E-state index contributed by atoms with van der Waals surface area (Å²) in [6.45, 7) is 0.322. The van der Waals surface area contributed by atoms with Crippen molar-refractivity contribution in [2.24, 2.45) is 0 Å². The number of carbonyl (C=O) groups excluding carboxylic acids is 2. The Morgan fingerprint density at radius 2 is 2.00 bits per heavy atom. The largest absolute Gasteiger partial charge is 0.346 e. The number of rotatable bonds is 5. The van der Waals surface area contributed by atoms with Gasteiger partial charge in [-0.2, -0.15) is 5.26 Å². The number of thiophene rings is 1. The fourth-order valence-electron chi connectivity index (χ4n) is 2.22. The average Bonchev–Trinajstić information content (AvgIpc) is 3.16. The Balaban J connectivity index is 1.64. The Kier molecular flexibility index (Phi) is 5.37. The number of carbonyl (C=O) groups is 2. The van der Waals surface area contributed by atoms with Crippen LogP contribution in [0.5, 0.6) is 0 Å². The number of hydrogen-bond acceptors (Lipinski definition) is 5. The first kappa shape index (κ1) is 17.3. The molecule has 0 atom stereocenters. The molecule has 0 radical (unpaired) electrons. The molecule has 3 rings (SSSR count). The van der Waals surface area contributed by atoms with Crippen molar-refractivity contribution in [3.05, 3.63) is 81.8 Å². The van der Waals surface area contributed by atoms with Crippen molar-refractivity contribution in [2.45, 2.75) is 6.54 Å². The van der Waals surface area contributed by atoms with Crippen molar-refractivity contribution in [3.8, 4) is 6.07 Å². The number of amides is 2. The van der Waals surface area contributed by atoms with Crippen LogP contribution >= 0.6 is 11.3 Å². The molecule has 7 heteroatoms. The Morgan fingerprint density at radius 3 is 2.73 bits per heavy atom. The predicted octanol–water partition coefficient (Wildman–Crippen LogP) is 3.20. The summed E-state index contributed by atoms with van der Waals surface area (Å²) in [5.41, 5.74) is 2.15.